The number of hydrogen-bond donors (Lipinski definition) is 2. The maximum atomic E-state index is 5.29. The van der Waals surface area contributed by atoms with E-state index in [4.69, 9.17) is 9.73 Å². The molecule has 6 heteroatoms. The Bertz CT molecular complexity index is 361. The highest BCUT2D eigenvalue weighted by atomic mass is 127. The molecule has 2 rings (SSSR count). The second-order valence-electron chi connectivity index (χ2n) is 7.16. The predicted molar refractivity (Wildman–Crippen MR) is 108 cm³/mol. The summed E-state index contributed by atoms with van der Waals surface area (Å²) in [4.78, 5) is 7.33. The fraction of sp³-hybridized carbons (Fsp3) is 0.941. The Hall–Kier alpha value is -0.0800. The molecule has 2 heterocycles. The molecule has 2 aliphatic rings. The van der Waals surface area contributed by atoms with Gasteiger partial charge in [0.2, 0.25) is 0 Å². The highest BCUT2D eigenvalue weighted by Crippen LogP contribution is 2.26. The third-order valence-corrected chi connectivity index (χ3v) is 4.72. The van der Waals surface area contributed by atoms with Crippen LogP contribution >= 0.6 is 24.0 Å². The van der Waals surface area contributed by atoms with Crippen molar-refractivity contribution < 1.29 is 4.74 Å². The van der Waals surface area contributed by atoms with E-state index in [0.29, 0.717) is 0 Å². The van der Waals surface area contributed by atoms with Gasteiger partial charge in [0.05, 0.1) is 19.8 Å². The molecule has 0 bridgehead atoms. The number of rotatable bonds is 7. The van der Waals surface area contributed by atoms with E-state index < -0.39 is 0 Å². The molecule has 0 aliphatic carbocycles. The Balaban J connectivity index is 0.00000264. The molecule has 0 aromatic carbocycles. The number of nitrogens with zero attached hydrogens (tertiary/aromatic N) is 2. The van der Waals surface area contributed by atoms with Gasteiger partial charge in [-0.15, -0.1) is 24.0 Å². The normalized spacial score (nSPS) is 24.5. The first-order valence-corrected chi connectivity index (χ1v) is 8.97. The minimum Gasteiger partial charge on any atom is -0.380 e. The number of likely N-dealkylation sites (tertiary alicyclic amines) is 1. The fourth-order valence-electron chi connectivity index (χ4n) is 3.13. The number of halogens is 1. The second-order valence-corrected chi connectivity index (χ2v) is 7.16. The molecule has 1 atom stereocenters. The predicted octanol–water partition coefficient (Wildman–Crippen LogP) is 2.46. The van der Waals surface area contributed by atoms with Crippen LogP contribution in [0.5, 0.6) is 0 Å². The number of hydrogen-bond acceptors (Lipinski definition) is 3. The van der Waals surface area contributed by atoms with Gasteiger partial charge in [-0.2, -0.15) is 0 Å². The highest BCUT2D eigenvalue weighted by molar-refractivity contribution is 14.0. The van der Waals surface area contributed by atoms with Crippen molar-refractivity contribution >= 4 is 29.9 Å². The Morgan fingerprint density at radius 3 is 2.70 bits per heavy atom. The molecule has 0 radical (unpaired) electrons. The first-order chi connectivity index (χ1) is 10.6. The summed E-state index contributed by atoms with van der Waals surface area (Å²) in [6.07, 6.45) is 5.30. The number of nitrogens with one attached hydrogen (secondary N) is 2. The first kappa shape index (κ1) is 21.0. The molecule has 2 aliphatic heterocycles. The van der Waals surface area contributed by atoms with E-state index in [1.807, 2.05) is 0 Å². The Morgan fingerprint density at radius 2 is 2.09 bits per heavy atom. The van der Waals surface area contributed by atoms with Crippen molar-refractivity contribution in [3.8, 4) is 0 Å². The summed E-state index contributed by atoms with van der Waals surface area (Å²) in [6.45, 7) is 13.6. The largest absolute Gasteiger partial charge is 0.380 e. The van der Waals surface area contributed by atoms with Gasteiger partial charge < -0.3 is 20.3 Å². The van der Waals surface area contributed by atoms with Crippen molar-refractivity contribution in [1.82, 2.24) is 15.5 Å². The van der Waals surface area contributed by atoms with Crippen LogP contribution in [0.3, 0.4) is 0 Å². The zero-order chi connectivity index (χ0) is 15.8. The zero-order valence-electron chi connectivity index (χ0n) is 15.1. The summed E-state index contributed by atoms with van der Waals surface area (Å²) < 4.78 is 5.29. The number of aliphatic imine (C=N–C) groups is 1. The lowest BCUT2D eigenvalue weighted by Crippen LogP contribution is -2.45. The van der Waals surface area contributed by atoms with Crippen LogP contribution in [0.4, 0.5) is 0 Å². The topological polar surface area (TPSA) is 48.9 Å². The van der Waals surface area contributed by atoms with Crippen molar-refractivity contribution in [3.05, 3.63) is 0 Å². The summed E-state index contributed by atoms with van der Waals surface area (Å²) >= 11 is 0. The van der Waals surface area contributed by atoms with Gasteiger partial charge in [0.1, 0.15) is 0 Å². The minimum absolute atomic E-state index is 0. The fourth-order valence-corrected chi connectivity index (χ4v) is 3.13. The summed E-state index contributed by atoms with van der Waals surface area (Å²) in [5, 5.41) is 6.80. The molecule has 136 valence electrons. The molecule has 0 spiro atoms. The molecule has 2 N–H and O–H groups in total. The average molecular weight is 438 g/mol. The molecule has 2 saturated heterocycles. The molecule has 0 aromatic rings. The number of ether oxygens (including phenoxy) is 1. The lowest BCUT2D eigenvalue weighted by Gasteiger charge is -2.36. The van der Waals surface area contributed by atoms with E-state index in [0.717, 1.165) is 44.8 Å². The summed E-state index contributed by atoms with van der Waals surface area (Å²) in [6, 6.07) is 0.759. The molecule has 5 nitrogen and oxygen atoms in total. The van der Waals surface area contributed by atoms with Crippen LogP contribution < -0.4 is 10.6 Å². The molecule has 0 saturated carbocycles. The molecule has 23 heavy (non-hydrogen) atoms. The van der Waals surface area contributed by atoms with Crippen molar-refractivity contribution in [2.75, 3.05) is 45.9 Å². The maximum absolute atomic E-state index is 5.29. The van der Waals surface area contributed by atoms with Gasteiger partial charge in [-0.05, 0) is 39.7 Å². The van der Waals surface area contributed by atoms with Crippen LogP contribution in [0.1, 0.15) is 46.5 Å². The molecule has 2 fully saturated rings. The summed E-state index contributed by atoms with van der Waals surface area (Å²) in [7, 11) is 0. The van der Waals surface area contributed by atoms with Crippen LogP contribution in [0, 0.1) is 5.41 Å². The standard InChI is InChI=1S/C17H34N4O.HI/c1-4-18-16(20-12-17(3)13-22-14-17)19-9-7-11-21-10-6-5-8-15(21)2;/h15H,4-14H2,1-3H3,(H2,18,19,20);1H. The van der Waals surface area contributed by atoms with Gasteiger partial charge in [0.15, 0.2) is 5.96 Å². The molecular formula is C17H35IN4O. The van der Waals surface area contributed by atoms with Crippen molar-refractivity contribution in [1.29, 1.82) is 0 Å². The van der Waals surface area contributed by atoms with E-state index in [-0.39, 0.29) is 29.4 Å². The molecule has 1 unspecified atom stereocenters. The Labute approximate surface area is 159 Å². The van der Waals surface area contributed by atoms with Gasteiger partial charge in [0.25, 0.3) is 0 Å². The Kier molecular flexibility index (Phi) is 9.77. The second kappa shape index (κ2) is 10.7. The van der Waals surface area contributed by atoms with Gasteiger partial charge in [0, 0.05) is 31.1 Å². The maximum Gasteiger partial charge on any atom is 0.191 e. The van der Waals surface area contributed by atoms with Crippen LogP contribution in [0.2, 0.25) is 0 Å². The van der Waals surface area contributed by atoms with Gasteiger partial charge in [-0.25, -0.2) is 0 Å². The van der Waals surface area contributed by atoms with Gasteiger partial charge in [-0.1, -0.05) is 13.3 Å². The molecule has 0 amide bonds. The summed E-state index contributed by atoms with van der Waals surface area (Å²) in [5.41, 5.74) is 0.242. The quantitative estimate of drug-likeness (QED) is 0.278. The first-order valence-electron chi connectivity index (χ1n) is 8.97. The average Bonchev–Trinajstić information content (AvgIpc) is 2.48. The lowest BCUT2D eigenvalue weighted by atomic mass is 9.89. The van der Waals surface area contributed by atoms with E-state index in [9.17, 15) is 0 Å². The SMILES string of the molecule is CCNC(=NCC1(C)COC1)NCCCN1CCCCC1C.I. The van der Waals surface area contributed by atoms with E-state index in [2.05, 4.69) is 36.3 Å². The molecular weight excluding hydrogens is 403 g/mol. The third-order valence-electron chi connectivity index (χ3n) is 4.72. The van der Waals surface area contributed by atoms with Crippen molar-refractivity contribution in [2.45, 2.75) is 52.5 Å². The zero-order valence-corrected chi connectivity index (χ0v) is 17.4. The lowest BCUT2D eigenvalue weighted by molar-refractivity contribution is -0.0945. The Morgan fingerprint density at radius 1 is 1.30 bits per heavy atom. The van der Waals surface area contributed by atoms with Gasteiger partial charge >= 0.3 is 0 Å². The third kappa shape index (κ3) is 7.13. The van der Waals surface area contributed by atoms with E-state index >= 15 is 0 Å². The molecule has 0 aromatic heterocycles. The van der Waals surface area contributed by atoms with Gasteiger partial charge in [-0.3, -0.25) is 4.99 Å². The van der Waals surface area contributed by atoms with Crippen LogP contribution in [-0.4, -0.2) is 62.8 Å². The van der Waals surface area contributed by atoms with Crippen LogP contribution in [0.15, 0.2) is 4.99 Å². The smallest absolute Gasteiger partial charge is 0.191 e. The minimum atomic E-state index is 0. The number of guanidine groups is 1. The van der Waals surface area contributed by atoms with Crippen molar-refractivity contribution in [3.63, 3.8) is 0 Å². The van der Waals surface area contributed by atoms with E-state index in [1.54, 1.807) is 0 Å². The monoisotopic (exact) mass is 438 g/mol. The summed E-state index contributed by atoms with van der Waals surface area (Å²) in [5.74, 6) is 0.947. The van der Waals surface area contributed by atoms with Crippen molar-refractivity contribution in [2.24, 2.45) is 10.4 Å². The van der Waals surface area contributed by atoms with Crippen LogP contribution in [-0.2, 0) is 4.74 Å². The highest BCUT2D eigenvalue weighted by Gasteiger charge is 2.33. The number of piperidine rings is 1. The van der Waals surface area contributed by atoms with E-state index in [1.165, 1.54) is 38.8 Å². The van der Waals surface area contributed by atoms with Crippen LogP contribution in [0.25, 0.3) is 0 Å².